The van der Waals surface area contributed by atoms with Crippen LogP contribution >= 0.6 is 0 Å². The van der Waals surface area contributed by atoms with Gasteiger partial charge in [-0.1, -0.05) is 6.07 Å². The highest BCUT2D eigenvalue weighted by Crippen LogP contribution is 2.24. The van der Waals surface area contributed by atoms with Crippen LogP contribution in [0.4, 0.5) is 14.7 Å². The lowest BCUT2D eigenvalue weighted by Crippen LogP contribution is -2.53. The zero-order valence-corrected chi connectivity index (χ0v) is 18.4. The molecule has 13 heteroatoms. The minimum Gasteiger partial charge on any atom is -0.502 e. The monoisotopic (exact) mass is 486 g/mol. The molecule has 1 aliphatic rings. The number of nitrogens with zero attached hydrogens (tertiary/aromatic N) is 5. The topological polar surface area (TPSA) is 130 Å². The van der Waals surface area contributed by atoms with Crippen molar-refractivity contribution in [2.45, 2.75) is 6.54 Å². The molecule has 2 N–H and O–H groups in total. The molecule has 0 unspecified atom stereocenters. The summed E-state index contributed by atoms with van der Waals surface area (Å²) in [5, 5.41) is 14.4. The number of fused-ring (bicyclic) bond motifs is 1. The van der Waals surface area contributed by atoms with Gasteiger partial charge in [-0.2, -0.15) is 0 Å². The van der Waals surface area contributed by atoms with Crippen LogP contribution in [0.25, 0.3) is 0 Å². The first-order valence-corrected chi connectivity index (χ1v) is 10.4. The summed E-state index contributed by atoms with van der Waals surface area (Å²) in [6, 6.07) is 4.44. The number of ether oxygens (including phenoxy) is 1. The van der Waals surface area contributed by atoms with Crippen molar-refractivity contribution >= 4 is 17.8 Å². The van der Waals surface area contributed by atoms with E-state index in [1.54, 1.807) is 6.07 Å². The summed E-state index contributed by atoms with van der Waals surface area (Å²) < 4.78 is 33.2. The molecule has 2 aromatic heterocycles. The fourth-order valence-electron chi connectivity index (χ4n) is 3.48. The fourth-order valence-corrected chi connectivity index (χ4v) is 3.48. The maximum absolute atomic E-state index is 13.9. The van der Waals surface area contributed by atoms with E-state index in [2.05, 4.69) is 15.3 Å². The number of anilines is 1. The number of carbonyl (C=O) groups is 2. The summed E-state index contributed by atoms with van der Waals surface area (Å²) >= 11 is 0. The first-order valence-electron chi connectivity index (χ1n) is 10.4. The SMILES string of the molecule is COCCN1CN(c2ncccn2)n2cc(C(=O)NCc3ccc(F)cc3F)c(=O)c(O)c2C1=O. The summed E-state index contributed by atoms with van der Waals surface area (Å²) in [5.74, 6) is -4.06. The molecule has 0 bridgehead atoms. The number of carbonyl (C=O) groups excluding carboxylic acids is 2. The molecule has 0 saturated heterocycles. The van der Waals surface area contributed by atoms with Crippen LogP contribution in [-0.2, 0) is 11.3 Å². The standard InChI is InChI=1S/C22H20F2N6O5/c1-35-8-7-28-12-30(22-25-5-2-6-26-22)29-11-15(18(31)19(32)17(29)21(28)34)20(33)27-10-13-3-4-14(23)9-16(13)24/h2-6,9,11,32H,7-8,10,12H2,1H3,(H,27,33). The second-order valence-corrected chi connectivity index (χ2v) is 7.48. The van der Waals surface area contributed by atoms with Gasteiger partial charge < -0.3 is 20.1 Å². The normalized spacial score (nSPS) is 13.1. The van der Waals surface area contributed by atoms with Crippen LogP contribution in [0, 0.1) is 11.6 Å². The second-order valence-electron chi connectivity index (χ2n) is 7.48. The number of aromatic hydroxyl groups is 1. The molecule has 0 spiro atoms. The molecule has 0 radical (unpaired) electrons. The Balaban J connectivity index is 1.73. The Hall–Kier alpha value is -4.39. The van der Waals surface area contributed by atoms with Crippen molar-refractivity contribution in [1.82, 2.24) is 24.9 Å². The molecule has 3 heterocycles. The number of amides is 2. The van der Waals surface area contributed by atoms with Crippen molar-refractivity contribution in [3.8, 4) is 5.75 Å². The van der Waals surface area contributed by atoms with Crippen molar-refractivity contribution in [3.63, 3.8) is 0 Å². The summed E-state index contributed by atoms with van der Waals surface area (Å²) in [4.78, 5) is 48.3. The summed E-state index contributed by atoms with van der Waals surface area (Å²) in [5.41, 5.74) is -1.99. The predicted octanol–water partition coefficient (Wildman–Crippen LogP) is 0.881. The van der Waals surface area contributed by atoms with Crippen LogP contribution in [0.5, 0.6) is 5.75 Å². The smallest absolute Gasteiger partial charge is 0.278 e. The van der Waals surface area contributed by atoms with Gasteiger partial charge in [0.1, 0.15) is 23.9 Å². The van der Waals surface area contributed by atoms with Crippen LogP contribution in [0.15, 0.2) is 47.7 Å². The van der Waals surface area contributed by atoms with Crippen molar-refractivity contribution in [1.29, 1.82) is 0 Å². The quantitative estimate of drug-likeness (QED) is 0.504. The van der Waals surface area contributed by atoms with Crippen LogP contribution in [0.2, 0.25) is 0 Å². The van der Waals surface area contributed by atoms with Gasteiger partial charge in [0.2, 0.25) is 11.4 Å². The third-order valence-electron chi connectivity index (χ3n) is 5.27. The van der Waals surface area contributed by atoms with E-state index in [1.807, 2.05) is 0 Å². The van der Waals surface area contributed by atoms with Gasteiger partial charge in [0.25, 0.3) is 11.8 Å². The van der Waals surface area contributed by atoms with E-state index in [9.17, 15) is 28.3 Å². The third-order valence-corrected chi connectivity index (χ3v) is 5.27. The van der Waals surface area contributed by atoms with Crippen LogP contribution < -0.4 is 15.8 Å². The van der Waals surface area contributed by atoms with Gasteiger partial charge in [0.15, 0.2) is 11.4 Å². The Morgan fingerprint density at radius 2 is 1.97 bits per heavy atom. The minimum atomic E-state index is -1.09. The number of pyridine rings is 1. The molecule has 0 fully saturated rings. The Labute approximate surface area is 197 Å². The van der Waals surface area contributed by atoms with Crippen molar-refractivity contribution < 1.29 is 28.2 Å². The highest BCUT2D eigenvalue weighted by atomic mass is 19.1. The van der Waals surface area contributed by atoms with Crippen molar-refractivity contribution in [2.24, 2.45) is 0 Å². The van der Waals surface area contributed by atoms with E-state index < -0.39 is 40.2 Å². The second kappa shape index (κ2) is 9.85. The number of halogens is 2. The molecule has 1 aromatic carbocycles. The average Bonchev–Trinajstić information content (AvgIpc) is 2.85. The van der Waals surface area contributed by atoms with Crippen molar-refractivity contribution in [3.05, 3.63) is 81.5 Å². The van der Waals surface area contributed by atoms with Gasteiger partial charge >= 0.3 is 0 Å². The molecule has 1 aliphatic heterocycles. The van der Waals surface area contributed by atoms with E-state index in [0.717, 1.165) is 23.0 Å². The Morgan fingerprint density at radius 3 is 2.66 bits per heavy atom. The number of benzene rings is 1. The van der Waals surface area contributed by atoms with E-state index in [-0.39, 0.29) is 43.6 Å². The number of hydrogen-bond acceptors (Lipinski definition) is 8. The zero-order chi connectivity index (χ0) is 25.1. The molecular weight excluding hydrogens is 466 g/mol. The molecule has 3 aromatic rings. The highest BCUT2D eigenvalue weighted by molar-refractivity contribution is 5.99. The molecule has 11 nitrogen and oxygen atoms in total. The molecule has 0 aliphatic carbocycles. The zero-order valence-electron chi connectivity index (χ0n) is 18.4. The van der Waals surface area contributed by atoms with Gasteiger partial charge in [-0.15, -0.1) is 0 Å². The average molecular weight is 486 g/mol. The van der Waals surface area contributed by atoms with E-state index in [0.29, 0.717) is 6.07 Å². The van der Waals surface area contributed by atoms with Crippen molar-refractivity contribution in [2.75, 3.05) is 31.9 Å². The molecule has 0 saturated carbocycles. The number of nitrogens with one attached hydrogen (secondary N) is 1. The molecule has 4 rings (SSSR count). The number of aromatic nitrogens is 3. The summed E-state index contributed by atoms with van der Waals surface area (Å²) in [6.45, 7) is -0.0655. The highest BCUT2D eigenvalue weighted by Gasteiger charge is 2.35. The molecule has 35 heavy (non-hydrogen) atoms. The molecular formula is C22H20F2N6O5. The lowest BCUT2D eigenvalue weighted by Gasteiger charge is -2.38. The largest absolute Gasteiger partial charge is 0.502 e. The lowest BCUT2D eigenvalue weighted by molar-refractivity contribution is 0.0634. The Bertz CT molecular complexity index is 1330. The molecule has 0 atom stereocenters. The Kier molecular flexibility index (Phi) is 6.68. The van der Waals surface area contributed by atoms with Crippen LogP contribution in [0.3, 0.4) is 0 Å². The Morgan fingerprint density at radius 1 is 1.23 bits per heavy atom. The van der Waals surface area contributed by atoms with Gasteiger partial charge in [-0.25, -0.2) is 28.4 Å². The molecule has 182 valence electrons. The molecule has 2 amide bonds. The predicted molar refractivity (Wildman–Crippen MR) is 118 cm³/mol. The lowest BCUT2D eigenvalue weighted by atomic mass is 10.1. The van der Waals surface area contributed by atoms with Gasteiger partial charge in [-0.3, -0.25) is 14.4 Å². The number of rotatable bonds is 7. The number of methoxy groups -OCH3 is 1. The van der Waals surface area contributed by atoms with E-state index in [4.69, 9.17) is 4.74 Å². The minimum absolute atomic E-state index is 0.00897. The van der Waals surface area contributed by atoms with E-state index in [1.165, 1.54) is 29.4 Å². The fraction of sp³-hybridized carbons (Fsp3) is 0.227. The first-order chi connectivity index (χ1) is 16.8. The van der Waals surface area contributed by atoms with Crippen LogP contribution in [0.1, 0.15) is 26.4 Å². The van der Waals surface area contributed by atoms with E-state index >= 15 is 0 Å². The van der Waals surface area contributed by atoms with Gasteiger partial charge in [-0.05, 0) is 12.1 Å². The van der Waals surface area contributed by atoms with Gasteiger partial charge in [0.05, 0.1) is 6.61 Å². The summed E-state index contributed by atoms with van der Waals surface area (Å²) in [7, 11) is 1.46. The maximum atomic E-state index is 13.9. The summed E-state index contributed by atoms with van der Waals surface area (Å²) in [6.07, 6.45) is 4.01. The maximum Gasteiger partial charge on any atom is 0.278 e. The third kappa shape index (κ3) is 4.66. The van der Waals surface area contributed by atoms with Crippen LogP contribution in [-0.4, -0.2) is 63.4 Å². The van der Waals surface area contributed by atoms with Gasteiger partial charge in [0, 0.05) is 50.4 Å². The number of hydrogen-bond donors (Lipinski definition) is 2. The first kappa shape index (κ1) is 23.8.